The zero-order chi connectivity index (χ0) is 20.9. The van der Waals surface area contributed by atoms with E-state index in [4.69, 9.17) is 0 Å². The lowest BCUT2D eigenvalue weighted by molar-refractivity contribution is -0.121. The van der Waals surface area contributed by atoms with Crippen molar-refractivity contribution in [2.24, 2.45) is 10.2 Å². The number of rotatable bonds is 10. The van der Waals surface area contributed by atoms with Gasteiger partial charge in [-0.3, -0.25) is 9.59 Å². The Morgan fingerprint density at radius 1 is 0.759 bits per heavy atom. The van der Waals surface area contributed by atoms with E-state index in [1.807, 2.05) is 0 Å². The van der Waals surface area contributed by atoms with Crippen LogP contribution in [0.5, 0.6) is 11.5 Å². The van der Waals surface area contributed by atoms with E-state index in [-0.39, 0.29) is 23.3 Å². The van der Waals surface area contributed by atoms with Crippen LogP contribution in [0.4, 0.5) is 0 Å². The second-order valence-corrected chi connectivity index (χ2v) is 6.34. The van der Waals surface area contributed by atoms with E-state index in [2.05, 4.69) is 21.1 Å². The molecule has 0 saturated carbocycles. The largest absolute Gasteiger partial charge is 0.508 e. The molecule has 0 unspecified atom stereocenters. The molecule has 0 aliphatic heterocycles. The molecule has 0 aromatic heterocycles. The Balaban J connectivity index is 1.54. The van der Waals surface area contributed by atoms with Crippen LogP contribution in [0.3, 0.4) is 0 Å². The molecule has 8 heteroatoms. The van der Waals surface area contributed by atoms with Gasteiger partial charge < -0.3 is 10.2 Å². The minimum absolute atomic E-state index is 0.134. The van der Waals surface area contributed by atoms with Crippen LogP contribution in [0.1, 0.15) is 43.2 Å². The van der Waals surface area contributed by atoms with Crippen LogP contribution in [0.2, 0.25) is 0 Å². The maximum absolute atomic E-state index is 11.7. The third kappa shape index (κ3) is 9.18. The molecule has 0 atom stereocenters. The maximum atomic E-state index is 11.7. The number of carbonyl (C=O) groups excluding carboxylic acids is 2. The lowest BCUT2D eigenvalue weighted by Crippen LogP contribution is -2.18. The number of hydrogen-bond acceptors (Lipinski definition) is 6. The summed E-state index contributed by atoms with van der Waals surface area (Å²) in [6.45, 7) is 0. The zero-order valence-corrected chi connectivity index (χ0v) is 15.9. The van der Waals surface area contributed by atoms with Crippen molar-refractivity contribution in [2.75, 3.05) is 0 Å². The lowest BCUT2D eigenvalue weighted by atomic mass is 10.1. The molecule has 0 bridgehead atoms. The number of benzene rings is 2. The summed E-state index contributed by atoms with van der Waals surface area (Å²) in [6, 6.07) is 13.1. The number of unbranched alkanes of at least 4 members (excludes halogenated alkanes) is 2. The molecule has 29 heavy (non-hydrogen) atoms. The molecule has 2 aromatic rings. The lowest BCUT2D eigenvalue weighted by Gasteiger charge is -2.01. The molecule has 0 radical (unpaired) electrons. The van der Waals surface area contributed by atoms with E-state index in [1.165, 1.54) is 24.6 Å². The first-order valence-electron chi connectivity index (χ1n) is 9.25. The van der Waals surface area contributed by atoms with Gasteiger partial charge in [-0.05, 0) is 48.2 Å². The summed E-state index contributed by atoms with van der Waals surface area (Å²) in [6.07, 6.45) is 5.57. The van der Waals surface area contributed by atoms with Gasteiger partial charge in [0.2, 0.25) is 11.8 Å². The third-order valence-electron chi connectivity index (χ3n) is 3.85. The van der Waals surface area contributed by atoms with Crippen LogP contribution in [-0.4, -0.2) is 34.5 Å². The molecular formula is C21H24N4O4. The highest BCUT2D eigenvalue weighted by Crippen LogP contribution is 2.09. The van der Waals surface area contributed by atoms with Crippen LogP contribution >= 0.6 is 0 Å². The van der Waals surface area contributed by atoms with Crippen LogP contribution in [0.25, 0.3) is 0 Å². The minimum atomic E-state index is -0.207. The summed E-state index contributed by atoms with van der Waals surface area (Å²) < 4.78 is 0. The van der Waals surface area contributed by atoms with Crippen molar-refractivity contribution in [3.63, 3.8) is 0 Å². The molecule has 2 rings (SSSR count). The Morgan fingerprint density at radius 3 is 1.62 bits per heavy atom. The summed E-state index contributed by atoms with van der Waals surface area (Å²) in [4.78, 5) is 23.4. The van der Waals surface area contributed by atoms with Crippen LogP contribution in [0.15, 0.2) is 58.7 Å². The number of amides is 2. The van der Waals surface area contributed by atoms with Gasteiger partial charge in [0.25, 0.3) is 0 Å². The van der Waals surface area contributed by atoms with Crippen LogP contribution in [-0.2, 0) is 9.59 Å². The summed E-state index contributed by atoms with van der Waals surface area (Å²) >= 11 is 0. The van der Waals surface area contributed by atoms with E-state index in [1.54, 1.807) is 36.4 Å². The Bertz CT molecular complexity index is 809. The zero-order valence-electron chi connectivity index (χ0n) is 15.9. The van der Waals surface area contributed by atoms with E-state index < -0.39 is 0 Å². The Labute approximate surface area is 169 Å². The Kier molecular flexibility index (Phi) is 8.88. The summed E-state index contributed by atoms with van der Waals surface area (Å²) in [5.74, 6) is -0.146. The van der Waals surface area contributed by atoms with E-state index in [0.717, 1.165) is 6.42 Å². The highest BCUT2D eigenvalue weighted by molar-refractivity contribution is 5.83. The summed E-state index contributed by atoms with van der Waals surface area (Å²) in [7, 11) is 0. The average molecular weight is 396 g/mol. The number of phenolic OH excluding ortho intramolecular Hbond substituents is 2. The Hall–Kier alpha value is -3.68. The first kappa shape index (κ1) is 21.6. The van der Waals surface area contributed by atoms with Crippen molar-refractivity contribution in [1.82, 2.24) is 10.9 Å². The van der Waals surface area contributed by atoms with Crippen molar-refractivity contribution >= 4 is 24.2 Å². The number of hydrazone groups is 2. The Morgan fingerprint density at radius 2 is 1.21 bits per heavy atom. The van der Waals surface area contributed by atoms with E-state index in [9.17, 15) is 19.8 Å². The van der Waals surface area contributed by atoms with Gasteiger partial charge in [-0.15, -0.1) is 0 Å². The first-order valence-corrected chi connectivity index (χ1v) is 9.25. The fourth-order valence-electron chi connectivity index (χ4n) is 2.43. The van der Waals surface area contributed by atoms with Gasteiger partial charge in [-0.25, -0.2) is 10.9 Å². The highest BCUT2D eigenvalue weighted by Gasteiger charge is 2.02. The second-order valence-electron chi connectivity index (χ2n) is 6.34. The van der Waals surface area contributed by atoms with Crippen molar-refractivity contribution in [2.45, 2.75) is 32.1 Å². The molecule has 0 saturated heterocycles. The second kappa shape index (κ2) is 11.9. The quantitative estimate of drug-likeness (QED) is 0.280. The van der Waals surface area contributed by atoms with Gasteiger partial charge in [0, 0.05) is 12.8 Å². The average Bonchev–Trinajstić information content (AvgIpc) is 2.68. The summed E-state index contributed by atoms with van der Waals surface area (Å²) in [5.41, 5.74) is 6.23. The van der Waals surface area contributed by atoms with Gasteiger partial charge in [0.15, 0.2) is 0 Å². The van der Waals surface area contributed by atoms with Gasteiger partial charge in [-0.1, -0.05) is 30.7 Å². The molecule has 8 nitrogen and oxygen atoms in total. The van der Waals surface area contributed by atoms with Gasteiger partial charge in [0.05, 0.1) is 12.4 Å². The fraction of sp³-hybridized carbons (Fsp3) is 0.238. The smallest absolute Gasteiger partial charge is 0.240 e. The maximum Gasteiger partial charge on any atom is 0.240 e. The summed E-state index contributed by atoms with van der Waals surface area (Å²) in [5, 5.41) is 26.4. The van der Waals surface area contributed by atoms with Crippen LogP contribution < -0.4 is 10.9 Å². The van der Waals surface area contributed by atoms with E-state index in [0.29, 0.717) is 36.8 Å². The number of nitrogens with one attached hydrogen (secondary N) is 2. The standard InChI is InChI=1S/C21H24N4O4/c26-18-8-4-6-16(12-18)14-22-24-20(28)10-2-1-3-11-21(29)25-23-15-17-7-5-9-19(27)13-17/h4-9,12-15,26-27H,1-3,10-11H2,(H,24,28)(H,25,29). The molecule has 0 heterocycles. The fourth-order valence-corrected chi connectivity index (χ4v) is 2.43. The number of hydrogen-bond donors (Lipinski definition) is 4. The van der Waals surface area contributed by atoms with Crippen molar-refractivity contribution in [3.05, 3.63) is 59.7 Å². The monoisotopic (exact) mass is 396 g/mol. The first-order chi connectivity index (χ1) is 14.0. The topological polar surface area (TPSA) is 123 Å². The van der Waals surface area contributed by atoms with Crippen LogP contribution in [0, 0.1) is 0 Å². The molecule has 2 amide bonds. The van der Waals surface area contributed by atoms with E-state index >= 15 is 0 Å². The molecule has 0 aliphatic rings. The van der Waals surface area contributed by atoms with Crippen molar-refractivity contribution in [1.29, 1.82) is 0 Å². The predicted octanol–water partition coefficient (Wildman–Crippen LogP) is 2.65. The molecule has 0 spiro atoms. The number of aromatic hydroxyl groups is 2. The minimum Gasteiger partial charge on any atom is -0.508 e. The third-order valence-corrected chi connectivity index (χ3v) is 3.85. The number of phenols is 2. The van der Waals surface area contributed by atoms with Gasteiger partial charge in [0.1, 0.15) is 11.5 Å². The molecule has 0 fully saturated rings. The van der Waals surface area contributed by atoms with Gasteiger partial charge >= 0.3 is 0 Å². The normalized spacial score (nSPS) is 11.0. The molecule has 2 aromatic carbocycles. The molecule has 152 valence electrons. The number of nitrogens with zero attached hydrogens (tertiary/aromatic N) is 2. The molecule has 0 aliphatic carbocycles. The predicted molar refractivity (Wildman–Crippen MR) is 111 cm³/mol. The van der Waals surface area contributed by atoms with Crippen molar-refractivity contribution in [3.8, 4) is 11.5 Å². The number of carbonyl (C=O) groups is 2. The molecule has 4 N–H and O–H groups in total. The SMILES string of the molecule is O=C(CCCCCC(=O)NN=Cc1cccc(O)c1)NN=Cc1cccc(O)c1. The van der Waals surface area contributed by atoms with Gasteiger partial charge in [-0.2, -0.15) is 10.2 Å². The highest BCUT2D eigenvalue weighted by atomic mass is 16.3. The van der Waals surface area contributed by atoms with Crippen molar-refractivity contribution < 1.29 is 19.8 Å². The molecular weight excluding hydrogens is 372 g/mol.